The van der Waals surface area contributed by atoms with Crippen molar-refractivity contribution >= 4 is 5.97 Å². The number of hydrogen-bond donors (Lipinski definition) is 4. The Bertz CT molecular complexity index is 501. The second-order valence-electron chi connectivity index (χ2n) is 6.80. The summed E-state index contributed by atoms with van der Waals surface area (Å²) >= 11 is 0. The SMILES string of the molecule is CCCCCCCCC(O)(O)CCCC/C=C/C=C/C=C/C=C(\O)C(=O)O. The number of hydrogen-bond acceptors (Lipinski definition) is 4. The van der Waals surface area contributed by atoms with Crippen molar-refractivity contribution in [2.45, 2.75) is 83.3 Å². The molecule has 5 heteroatoms. The Hall–Kier alpha value is -1.85. The van der Waals surface area contributed by atoms with Crippen LogP contribution < -0.4 is 0 Å². The molecule has 0 unspecified atom stereocenters. The van der Waals surface area contributed by atoms with Gasteiger partial charge >= 0.3 is 5.97 Å². The molecule has 0 heterocycles. The molecule has 0 aliphatic carbocycles. The van der Waals surface area contributed by atoms with Gasteiger partial charge in [-0.2, -0.15) is 0 Å². The topological polar surface area (TPSA) is 98.0 Å². The molecule has 0 rings (SSSR count). The molecule has 0 aromatic heterocycles. The summed E-state index contributed by atoms with van der Waals surface area (Å²) in [5.74, 6) is -3.59. The zero-order valence-corrected chi connectivity index (χ0v) is 16.5. The third kappa shape index (κ3) is 17.3. The molecule has 154 valence electrons. The Morgan fingerprint density at radius 2 is 1.33 bits per heavy atom. The van der Waals surface area contributed by atoms with Gasteiger partial charge in [-0.15, -0.1) is 0 Å². The van der Waals surface area contributed by atoms with Crippen molar-refractivity contribution in [1.82, 2.24) is 0 Å². The highest BCUT2D eigenvalue weighted by molar-refractivity contribution is 5.83. The van der Waals surface area contributed by atoms with Gasteiger partial charge in [0.05, 0.1) is 0 Å². The first kappa shape index (κ1) is 25.1. The molecule has 0 saturated heterocycles. The molecule has 0 fully saturated rings. The zero-order chi connectivity index (χ0) is 20.4. The molecule has 5 nitrogen and oxygen atoms in total. The van der Waals surface area contributed by atoms with Crippen molar-refractivity contribution in [3.05, 3.63) is 48.3 Å². The fraction of sp³-hybridized carbons (Fsp3) is 0.591. The average molecular weight is 381 g/mol. The fourth-order valence-corrected chi connectivity index (χ4v) is 2.57. The number of aliphatic hydroxyl groups excluding tert-OH is 1. The van der Waals surface area contributed by atoms with Crippen molar-refractivity contribution in [2.24, 2.45) is 0 Å². The molecule has 0 aromatic carbocycles. The minimum absolute atomic E-state index is 0.410. The van der Waals surface area contributed by atoms with Gasteiger partial charge in [0, 0.05) is 12.8 Å². The van der Waals surface area contributed by atoms with Gasteiger partial charge in [0.2, 0.25) is 5.76 Å². The van der Waals surface area contributed by atoms with Crippen LogP contribution >= 0.6 is 0 Å². The molecule has 4 N–H and O–H groups in total. The molecule has 27 heavy (non-hydrogen) atoms. The van der Waals surface area contributed by atoms with Crippen LogP contribution in [0.25, 0.3) is 0 Å². The van der Waals surface area contributed by atoms with Gasteiger partial charge in [0.1, 0.15) is 0 Å². The number of aliphatic hydroxyl groups is 3. The lowest BCUT2D eigenvalue weighted by Gasteiger charge is -2.21. The standard InChI is InChI=1S/C22H36O5/c1-2-3-4-5-12-15-18-22(26,27)19-16-13-10-8-6-7-9-11-14-17-20(23)21(24)25/h6-9,11,14,17,23,26-27H,2-5,10,12-13,15-16,18-19H2,1H3,(H,24,25)/b8-6+,9-7+,14-11+,20-17-. The van der Waals surface area contributed by atoms with Gasteiger partial charge in [0.15, 0.2) is 5.79 Å². The van der Waals surface area contributed by atoms with Crippen molar-refractivity contribution in [1.29, 1.82) is 0 Å². The number of allylic oxidation sites excluding steroid dienone is 7. The van der Waals surface area contributed by atoms with E-state index in [1.165, 1.54) is 31.8 Å². The largest absolute Gasteiger partial charge is 0.502 e. The quantitative estimate of drug-likeness (QED) is 0.0973. The molecular weight excluding hydrogens is 344 g/mol. The fourth-order valence-electron chi connectivity index (χ4n) is 2.57. The van der Waals surface area contributed by atoms with Crippen LogP contribution in [0.3, 0.4) is 0 Å². The number of unbranched alkanes of at least 4 members (excludes halogenated alkanes) is 7. The Morgan fingerprint density at radius 3 is 2.00 bits per heavy atom. The summed E-state index contributed by atoms with van der Waals surface area (Å²) in [6.45, 7) is 2.18. The molecule has 0 aliphatic rings. The van der Waals surface area contributed by atoms with Crippen molar-refractivity contribution in [3.8, 4) is 0 Å². The highest BCUT2D eigenvalue weighted by Crippen LogP contribution is 2.20. The lowest BCUT2D eigenvalue weighted by atomic mass is 10.00. The van der Waals surface area contributed by atoms with E-state index in [0.717, 1.165) is 38.2 Å². The molecule has 0 amide bonds. The van der Waals surface area contributed by atoms with Gasteiger partial charge in [0.25, 0.3) is 0 Å². The second kappa shape index (κ2) is 16.3. The summed E-state index contributed by atoms with van der Waals surface area (Å²) < 4.78 is 0. The third-order valence-electron chi connectivity index (χ3n) is 4.18. The van der Waals surface area contributed by atoms with E-state index >= 15 is 0 Å². The smallest absolute Gasteiger partial charge is 0.370 e. The minimum atomic E-state index is -1.53. The zero-order valence-electron chi connectivity index (χ0n) is 16.5. The molecule has 0 saturated carbocycles. The Morgan fingerprint density at radius 1 is 0.778 bits per heavy atom. The third-order valence-corrected chi connectivity index (χ3v) is 4.18. The van der Waals surface area contributed by atoms with Gasteiger partial charge < -0.3 is 20.4 Å². The summed E-state index contributed by atoms with van der Waals surface area (Å²) in [7, 11) is 0. The highest BCUT2D eigenvalue weighted by atomic mass is 16.5. The molecule has 0 spiro atoms. The predicted molar refractivity (Wildman–Crippen MR) is 109 cm³/mol. The molecule has 0 bridgehead atoms. The number of aliphatic carboxylic acids is 1. The van der Waals surface area contributed by atoms with Crippen molar-refractivity contribution < 1.29 is 25.2 Å². The van der Waals surface area contributed by atoms with Crippen LogP contribution in [0.15, 0.2) is 48.3 Å². The monoisotopic (exact) mass is 380 g/mol. The van der Waals surface area contributed by atoms with E-state index in [1.54, 1.807) is 12.2 Å². The van der Waals surface area contributed by atoms with E-state index in [4.69, 9.17) is 10.2 Å². The van der Waals surface area contributed by atoms with Crippen LogP contribution in [-0.2, 0) is 4.79 Å². The van der Waals surface area contributed by atoms with Crippen LogP contribution in [0.5, 0.6) is 0 Å². The van der Waals surface area contributed by atoms with Crippen LogP contribution in [0.2, 0.25) is 0 Å². The minimum Gasteiger partial charge on any atom is -0.502 e. The van der Waals surface area contributed by atoms with Crippen LogP contribution in [-0.4, -0.2) is 32.2 Å². The lowest BCUT2D eigenvalue weighted by Crippen LogP contribution is -2.27. The molecule has 0 aliphatic heterocycles. The first-order valence-electron chi connectivity index (χ1n) is 9.96. The first-order valence-corrected chi connectivity index (χ1v) is 9.96. The maximum atomic E-state index is 10.3. The number of carboxylic acids is 1. The first-order chi connectivity index (χ1) is 12.9. The van der Waals surface area contributed by atoms with Crippen molar-refractivity contribution in [2.75, 3.05) is 0 Å². The van der Waals surface area contributed by atoms with Crippen molar-refractivity contribution in [3.63, 3.8) is 0 Å². The Balaban J connectivity index is 3.74. The van der Waals surface area contributed by atoms with E-state index in [2.05, 4.69) is 6.92 Å². The number of rotatable bonds is 16. The predicted octanol–water partition coefficient (Wildman–Crippen LogP) is 5.17. The van der Waals surface area contributed by atoms with Gasteiger partial charge in [-0.1, -0.05) is 75.5 Å². The number of carboxylic acid groups (broad SMARTS) is 1. The van der Waals surface area contributed by atoms with E-state index in [-0.39, 0.29) is 0 Å². The van der Waals surface area contributed by atoms with E-state index in [9.17, 15) is 15.0 Å². The summed E-state index contributed by atoms with van der Waals surface area (Å²) in [6, 6.07) is 0. The van der Waals surface area contributed by atoms with E-state index in [0.29, 0.717) is 12.8 Å². The summed E-state index contributed by atoms with van der Waals surface area (Å²) in [5.41, 5.74) is 0. The molecular formula is C22H36O5. The van der Waals surface area contributed by atoms with Gasteiger partial charge in [-0.3, -0.25) is 0 Å². The maximum absolute atomic E-state index is 10.3. The molecule has 0 atom stereocenters. The Labute approximate surface area is 163 Å². The lowest BCUT2D eigenvalue weighted by molar-refractivity contribution is -0.172. The van der Waals surface area contributed by atoms with E-state index < -0.39 is 17.5 Å². The normalized spacial score (nSPS) is 13.4. The summed E-state index contributed by atoms with van der Waals surface area (Å²) in [5, 5.41) is 37.3. The maximum Gasteiger partial charge on any atom is 0.370 e. The second-order valence-corrected chi connectivity index (χ2v) is 6.80. The van der Waals surface area contributed by atoms with Gasteiger partial charge in [-0.05, 0) is 31.8 Å². The molecule has 0 aromatic rings. The average Bonchev–Trinajstić information content (AvgIpc) is 2.62. The summed E-state index contributed by atoms with van der Waals surface area (Å²) in [4.78, 5) is 10.3. The summed E-state index contributed by atoms with van der Waals surface area (Å²) in [6.07, 6.45) is 21.8. The van der Waals surface area contributed by atoms with Crippen LogP contribution in [0.1, 0.15) is 77.6 Å². The molecule has 0 radical (unpaired) electrons. The van der Waals surface area contributed by atoms with Crippen LogP contribution in [0, 0.1) is 0 Å². The van der Waals surface area contributed by atoms with Gasteiger partial charge in [-0.25, -0.2) is 4.79 Å². The number of carbonyl (C=O) groups is 1. The van der Waals surface area contributed by atoms with Crippen LogP contribution in [0.4, 0.5) is 0 Å². The Kier molecular flexibility index (Phi) is 15.2. The van der Waals surface area contributed by atoms with E-state index in [1.807, 2.05) is 18.2 Å². The highest BCUT2D eigenvalue weighted by Gasteiger charge is 2.21.